The van der Waals surface area contributed by atoms with Crippen LogP contribution in [0.25, 0.3) is 0 Å². The summed E-state index contributed by atoms with van der Waals surface area (Å²) < 4.78 is 10.9. The highest BCUT2D eigenvalue weighted by Crippen LogP contribution is 2.24. The number of anilines is 2. The Bertz CT molecular complexity index is 1100. The predicted octanol–water partition coefficient (Wildman–Crippen LogP) is 3.92. The maximum absolute atomic E-state index is 12.2. The quantitative estimate of drug-likeness (QED) is 0.553. The molecule has 3 aromatic heterocycles. The summed E-state index contributed by atoms with van der Waals surface area (Å²) in [5.74, 6) is 2.46. The van der Waals surface area contributed by atoms with E-state index in [-0.39, 0.29) is 18.7 Å². The fourth-order valence-electron chi connectivity index (χ4n) is 3.16. The zero-order valence-electron chi connectivity index (χ0n) is 18.0. The Hall–Kier alpha value is -4.08. The molecule has 10 nitrogen and oxygen atoms in total. The number of carbonyl (C=O) groups excluding carboxylic acids is 1. The zero-order chi connectivity index (χ0) is 22.5. The van der Waals surface area contributed by atoms with Gasteiger partial charge in [-0.2, -0.15) is 4.98 Å². The molecule has 0 saturated carbocycles. The monoisotopic (exact) mass is 433 g/mol. The van der Waals surface area contributed by atoms with Crippen LogP contribution in [0.15, 0.2) is 60.8 Å². The first kappa shape index (κ1) is 21.2. The number of allylic oxidation sites excluding steroid dienone is 1. The lowest BCUT2D eigenvalue weighted by molar-refractivity contribution is 0.179. The van der Waals surface area contributed by atoms with Gasteiger partial charge < -0.3 is 14.8 Å². The van der Waals surface area contributed by atoms with Crippen molar-refractivity contribution in [2.75, 3.05) is 16.8 Å². The van der Waals surface area contributed by atoms with E-state index in [1.165, 1.54) is 4.90 Å². The first-order valence-electron chi connectivity index (χ1n) is 10.1. The highest BCUT2D eigenvalue weighted by molar-refractivity contribution is 5.89. The van der Waals surface area contributed by atoms with Gasteiger partial charge in [-0.3, -0.25) is 9.88 Å². The molecule has 2 atom stereocenters. The molecular formula is C22H23N7O3. The first-order valence-corrected chi connectivity index (χ1v) is 10.1. The fourth-order valence-corrected chi connectivity index (χ4v) is 3.16. The maximum Gasteiger partial charge on any atom is 0.416 e. The molecule has 1 amide bonds. The van der Waals surface area contributed by atoms with Gasteiger partial charge in [0, 0.05) is 12.4 Å². The topological polar surface area (TPSA) is 115 Å². The molecule has 0 aromatic carbocycles. The van der Waals surface area contributed by atoms with E-state index in [2.05, 4.69) is 30.2 Å². The van der Waals surface area contributed by atoms with Crippen molar-refractivity contribution < 1.29 is 14.3 Å². The van der Waals surface area contributed by atoms with E-state index in [4.69, 9.17) is 9.47 Å². The second-order valence-corrected chi connectivity index (χ2v) is 7.43. The number of aromatic nitrogens is 5. The Kier molecular flexibility index (Phi) is 6.20. The zero-order valence-corrected chi connectivity index (χ0v) is 18.0. The molecule has 0 radical (unpaired) electrons. The number of hydrogen-bond donors (Lipinski definition) is 1. The van der Waals surface area contributed by atoms with Gasteiger partial charge in [0.25, 0.3) is 0 Å². The Balaban J connectivity index is 1.45. The number of rotatable bonds is 7. The van der Waals surface area contributed by atoms with Crippen LogP contribution in [0.2, 0.25) is 0 Å². The maximum atomic E-state index is 12.2. The van der Waals surface area contributed by atoms with Gasteiger partial charge in [0.15, 0.2) is 11.6 Å². The molecule has 4 heterocycles. The van der Waals surface area contributed by atoms with Crippen LogP contribution in [-0.4, -0.2) is 43.7 Å². The van der Waals surface area contributed by atoms with Crippen LogP contribution in [0.5, 0.6) is 11.5 Å². The van der Waals surface area contributed by atoms with Crippen molar-refractivity contribution in [1.29, 1.82) is 0 Å². The van der Waals surface area contributed by atoms with Crippen molar-refractivity contribution >= 4 is 17.9 Å². The summed E-state index contributed by atoms with van der Waals surface area (Å²) >= 11 is 0. The van der Waals surface area contributed by atoms with Gasteiger partial charge in [0.1, 0.15) is 18.2 Å². The smallest absolute Gasteiger partial charge is 0.416 e. The van der Waals surface area contributed by atoms with Gasteiger partial charge in [0.2, 0.25) is 5.95 Å². The summed E-state index contributed by atoms with van der Waals surface area (Å²) in [5.41, 5.74) is 1.09. The highest BCUT2D eigenvalue weighted by Gasteiger charge is 2.34. The van der Waals surface area contributed by atoms with E-state index >= 15 is 0 Å². The molecule has 164 valence electrons. The van der Waals surface area contributed by atoms with Gasteiger partial charge in [0.05, 0.1) is 30.7 Å². The van der Waals surface area contributed by atoms with Crippen molar-refractivity contribution in [3.63, 3.8) is 0 Å². The number of pyridine rings is 1. The number of nitrogens with zero attached hydrogens (tertiary/aromatic N) is 6. The summed E-state index contributed by atoms with van der Waals surface area (Å²) in [6.07, 6.45) is 9.61. The summed E-state index contributed by atoms with van der Waals surface area (Å²) in [6, 6.07) is 4.78. The van der Waals surface area contributed by atoms with Gasteiger partial charge in [-0.05, 0) is 39.0 Å². The van der Waals surface area contributed by atoms with Crippen molar-refractivity contribution in [3.05, 3.63) is 66.7 Å². The van der Waals surface area contributed by atoms with Crippen LogP contribution < -0.4 is 15.0 Å². The second-order valence-electron chi connectivity index (χ2n) is 7.43. The number of ether oxygens (including phenoxy) is 2. The van der Waals surface area contributed by atoms with E-state index < -0.39 is 6.09 Å². The molecule has 0 bridgehead atoms. The molecule has 1 saturated heterocycles. The Morgan fingerprint density at radius 2 is 2.00 bits per heavy atom. The minimum Gasteiger partial charge on any atom is -0.452 e. The normalized spacial score (nSPS) is 16.3. The third-order valence-corrected chi connectivity index (χ3v) is 4.57. The van der Waals surface area contributed by atoms with E-state index in [1.54, 1.807) is 49.2 Å². The van der Waals surface area contributed by atoms with Gasteiger partial charge in [-0.1, -0.05) is 11.6 Å². The molecule has 10 heteroatoms. The molecule has 1 fully saturated rings. The summed E-state index contributed by atoms with van der Waals surface area (Å²) in [7, 11) is 0. The van der Waals surface area contributed by atoms with Crippen LogP contribution in [-0.2, 0) is 4.74 Å². The molecule has 1 unspecified atom stereocenters. The van der Waals surface area contributed by atoms with Crippen LogP contribution in [0.1, 0.15) is 32.6 Å². The van der Waals surface area contributed by atoms with Gasteiger partial charge >= 0.3 is 6.09 Å². The predicted molar refractivity (Wildman–Crippen MR) is 117 cm³/mol. The molecule has 0 spiro atoms. The number of hydrogen-bond acceptors (Lipinski definition) is 9. The van der Waals surface area contributed by atoms with Crippen LogP contribution in [0.4, 0.5) is 16.6 Å². The van der Waals surface area contributed by atoms with Crippen molar-refractivity contribution in [1.82, 2.24) is 24.9 Å². The standard InChI is InChI=1S/C22H23N7O3/c1-14(2)9-16-13-31-22(30)29(16)19-6-8-24-21(28-19)27-15(3)20-25-11-18(12-26-20)32-17-5-4-7-23-10-17/h4-12,15-16H,13H2,1-3H3,(H,24,27,28)/t15?,16-/m0/s1. The largest absolute Gasteiger partial charge is 0.452 e. The molecular weight excluding hydrogens is 410 g/mol. The lowest BCUT2D eigenvalue weighted by atomic mass is 10.2. The van der Waals surface area contributed by atoms with Crippen molar-refractivity contribution in [2.24, 2.45) is 0 Å². The number of carbonyl (C=O) groups is 1. The lowest BCUT2D eigenvalue weighted by Crippen LogP contribution is -2.33. The van der Waals surface area contributed by atoms with E-state index in [0.29, 0.717) is 29.1 Å². The molecule has 32 heavy (non-hydrogen) atoms. The van der Waals surface area contributed by atoms with Crippen LogP contribution >= 0.6 is 0 Å². The van der Waals surface area contributed by atoms with Crippen molar-refractivity contribution in [2.45, 2.75) is 32.9 Å². The molecule has 0 aliphatic carbocycles. The lowest BCUT2D eigenvalue weighted by Gasteiger charge is -2.19. The Morgan fingerprint density at radius 3 is 2.72 bits per heavy atom. The molecule has 1 aliphatic rings. The second kappa shape index (κ2) is 9.38. The number of nitrogens with one attached hydrogen (secondary N) is 1. The van der Waals surface area contributed by atoms with E-state index in [0.717, 1.165) is 5.57 Å². The van der Waals surface area contributed by atoms with E-state index in [1.807, 2.05) is 26.8 Å². The van der Waals surface area contributed by atoms with Gasteiger partial charge in [-0.25, -0.2) is 19.7 Å². The van der Waals surface area contributed by atoms with Crippen LogP contribution in [0.3, 0.4) is 0 Å². The minimum absolute atomic E-state index is 0.205. The Morgan fingerprint density at radius 1 is 1.19 bits per heavy atom. The number of cyclic esters (lactones) is 1. The first-order chi connectivity index (χ1) is 15.5. The third kappa shape index (κ3) is 4.97. The summed E-state index contributed by atoms with van der Waals surface area (Å²) in [4.78, 5) is 35.2. The molecule has 4 rings (SSSR count). The SMILES string of the molecule is CC(C)=C[C@H]1COC(=O)N1c1ccnc(NC(C)c2ncc(Oc3cccnc3)cn2)n1. The van der Waals surface area contributed by atoms with Crippen LogP contribution in [0, 0.1) is 0 Å². The minimum atomic E-state index is -0.433. The highest BCUT2D eigenvalue weighted by atomic mass is 16.6. The van der Waals surface area contributed by atoms with Gasteiger partial charge in [-0.15, -0.1) is 0 Å². The Labute approximate surface area is 185 Å². The summed E-state index contributed by atoms with van der Waals surface area (Å²) in [6.45, 7) is 6.13. The molecule has 1 aliphatic heterocycles. The fraction of sp³-hybridized carbons (Fsp3) is 0.273. The average molecular weight is 433 g/mol. The summed E-state index contributed by atoms with van der Waals surface area (Å²) in [5, 5.41) is 3.17. The van der Waals surface area contributed by atoms with E-state index in [9.17, 15) is 4.79 Å². The average Bonchev–Trinajstić information content (AvgIpc) is 3.14. The molecule has 1 N–H and O–H groups in total. The third-order valence-electron chi connectivity index (χ3n) is 4.57. The molecule has 3 aromatic rings. The number of amides is 1. The van der Waals surface area contributed by atoms with Crippen molar-refractivity contribution in [3.8, 4) is 11.5 Å².